The second-order valence-electron chi connectivity index (χ2n) is 4.84. The van der Waals surface area contributed by atoms with E-state index in [-0.39, 0.29) is 5.91 Å². The summed E-state index contributed by atoms with van der Waals surface area (Å²) in [4.78, 5) is 16.5. The Labute approximate surface area is 131 Å². The maximum Gasteiger partial charge on any atom is 0.275 e. The average Bonchev–Trinajstić information content (AvgIpc) is 2.83. The van der Waals surface area contributed by atoms with Crippen LogP contribution in [0.2, 0.25) is 0 Å². The van der Waals surface area contributed by atoms with Crippen LogP contribution in [0.3, 0.4) is 0 Å². The van der Waals surface area contributed by atoms with Gasteiger partial charge in [0.05, 0.1) is 0 Å². The minimum Gasteiger partial charge on any atom is -0.305 e. The van der Waals surface area contributed by atoms with Crippen LogP contribution in [0.4, 0.5) is 0 Å². The molecule has 3 rings (SSSR count). The summed E-state index contributed by atoms with van der Waals surface area (Å²) in [6, 6.07) is 15.6. The number of amides is 1. The Morgan fingerprint density at radius 1 is 1.14 bits per heavy atom. The number of nitrogens with zero attached hydrogens (tertiary/aromatic N) is 1. The number of halogens is 1. The number of carbonyl (C=O) groups is 1. The molecule has 4 heteroatoms. The molecule has 1 heterocycles. The number of aryl methyl sites for hydroxylation is 1. The molecule has 2 aromatic rings. The molecule has 0 aliphatic carbocycles. The summed E-state index contributed by atoms with van der Waals surface area (Å²) in [6.07, 6.45) is 1.78. The highest BCUT2D eigenvalue weighted by molar-refractivity contribution is 9.10. The second kappa shape index (κ2) is 5.66. The van der Waals surface area contributed by atoms with Crippen LogP contribution in [-0.2, 0) is 4.79 Å². The molecule has 1 amide bonds. The van der Waals surface area contributed by atoms with Crippen molar-refractivity contribution in [3.05, 3.63) is 75.4 Å². The Hall–Kier alpha value is -2.20. The number of aliphatic imine (C=N–C) groups is 1. The van der Waals surface area contributed by atoms with Crippen LogP contribution in [0.1, 0.15) is 16.7 Å². The van der Waals surface area contributed by atoms with Crippen molar-refractivity contribution in [1.29, 1.82) is 0 Å². The Morgan fingerprint density at radius 3 is 2.71 bits per heavy atom. The van der Waals surface area contributed by atoms with E-state index >= 15 is 0 Å². The van der Waals surface area contributed by atoms with Crippen molar-refractivity contribution in [2.75, 3.05) is 0 Å². The van der Waals surface area contributed by atoms with Gasteiger partial charge in [-0.15, -0.1) is 0 Å². The van der Waals surface area contributed by atoms with Gasteiger partial charge >= 0.3 is 0 Å². The number of nitrogens with one attached hydrogen (secondary N) is 1. The molecule has 0 saturated heterocycles. The molecule has 0 spiro atoms. The van der Waals surface area contributed by atoms with Crippen molar-refractivity contribution >= 4 is 33.7 Å². The second-order valence-corrected chi connectivity index (χ2v) is 5.69. The predicted molar refractivity (Wildman–Crippen MR) is 88.0 cm³/mol. The fourth-order valence-corrected chi connectivity index (χ4v) is 2.54. The lowest BCUT2D eigenvalue weighted by Gasteiger charge is -2.00. The molecule has 1 N–H and O–H groups in total. The van der Waals surface area contributed by atoms with Crippen molar-refractivity contribution in [3.63, 3.8) is 0 Å². The number of rotatable bonds is 2. The lowest BCUT2D eigenvalue weighted by atomic mass is 10.1. The van der Waals surface area contributed by atoms with E-state index in [0.717, 1.165) is 21.2 Å². The Kier molecular flexibility index (Phi) is 3.71. The normalized spacial score (nSPS) is 16.0. The molecular weight excluding hydrogens is 328 g/mol. The van der Waals surface area contributed by atoms with E-state index in [4.69, 9.17) is 0 Å². The third kappa shape index (κ3) is 2.95. The van der Waals surface area contributed by atoms with Gasteiger partial charge in [-0.1, -0.05) is 57.9 Å². The topological polar surface area (TPSA) is 41.5 Å². The van der Waals surface area contributed by atoms with E-state index in [9.17, 15) is 4.79 Å². The van der Waals surface area contributed by atoms with Gasteiger partial charge < -0.3 is 5.32 Å². The molecule has 3 nitrogen and oxygen atoms in total. The van der Waals surface area contributed by atoms with Gasteiger partial charge in [-0.3, -0.25) is 4.79 Å². The van der Waals surface area contributed by atoms with Gasteiger partial charge in [-0.25, -0.2) is 4.99 Å². The van der Waals surface area contributed by atoms with Gasteiger partial charge in [0.2, 0.25) is 0 Å². The van der Waals surface area contributed by atoms with Crippen molar-refractivity contribution in [1.82, 2.24) is 5.32 Å². The maximum absolute atomic E-state index is 12.0. The number of benzene rings is 2. The number of carbonyl (C=O) groups excluding carboxylic acids is 1. The van der Waals surface area contributed by atoms with E-state index in [1.165, 1.54) is 0 Å². The molecule has 1 aliphatic heterocycles. The van der Waals surface area contributed by atoms with E-state index in [2.05, 4.69) is 26.2 Å². The molecule has 0 unspecified atom stereocenters. The molecule has 0 atom stereocenters. The fourth-order valence-electron chi connectivity index (χ4n) is 2.14. The van der Waals surface area contributed by atoms with Crippen LogP contribution in [-0.4, -0.2) is 11.7 Å². The number of hydrogen-bond donors (Lipinski definition) is 1. The van der Waals surface area contributed by atoms with Gasteiger partial charge in [-0.05, 0) is 30.7 Å². The van der Waals surface area contributed by atoms with Gasteiger partial charge in [0, 0.05) is 10.0 Å². The van der Waals surface area contributed by atoms with Crippen LogP contribution >= 0.6 is 15.9 Å². The Morgan fingerprint density at radius 2 is 1.95 bits per heavy atom. The molecule has 2 aromatic carbocycles. The van der Waals surface area contributed by atoms with Gasteiger partial charge in [0.25, 0.3) is 5.91 Å². The summed E-state index contributed by atoms with van der Waals surface area (Å²) < 4.78 is 0.935. The molecule has 1 aliphatic rings. The summed E-state index contributed by atoms with van der Waals surface area (Å²) in [5, 5.41) is 2.81. The minimum absolute atomic E-state index is 0.178. The average molecular weight is 341 g/mol. The van der Waals surface area contributed by atoms with Crippen molar-refractivity contribution in [3.8, 4) is 0 Å². The first-order valence-electron chi connectivity index (χ1n) is 6.57. The van der Waals surface area contributed by atoms with Crippen LogP contribution in [0.5, 0.6) is 0 Å². The summed E-state index contributed by atoms with van der Waals surface area (Å²) in [6.45, 7) is 2.01. The zero-order chi connectivity index (χ0) is 14.8. The number of amidine groups is 1. The molecule has 0 aromatic heterocycles. The first-order chi connectivity index (χ1) is 10.1. The van der Waals surface area contributed by atoms with Crippen LogP contribution in [0, 0.1) is 6.92 Å². The van der Waals surface area contributed by atoms with Gasteiger partial charge in [0.15, 0.2) is 0 Å². The summed E-state index contributed by atoms with van der Waals surface area (Å²) in [7, 11) is 0. The van der Waals surface area contributed by atoms with Crippen LogP contribution in [0.15, 0.2) is 63.7 Å². The molecule has 21 heavy (non-hydrogen) atoms. The lowest BCUT2D eigenvalue weighted by molar-refractivity contribution is -0.115. The Bertz CT molecular complexity index is 778. The van der Waals surface area contributed by atoms with E-state index in [0.29, 0.717) is 11.5 Å². The first kappa shape index (κ1) is 13.8. The van der Waals surface area contributed by atoms with E-state index < -0.39 is 0 Å². The maximum atomic E-state index is 12.0. The summed E-state index contributed by atoms with van der Waals surface area (Å²) in [5.74, 6) is 0.421. The highest BCUT2D eigenvalue weighted by Gasteiger charge is 2.21. The van der Waals surface area contributed by atoms with E-state index in [1.807, 2.05) is 55.5 Å². The predicted octanol–water partition coefficient (Wildman–Crippen LogP) is 3.68. The molecule has 0 bridgehead atoms. The lowest BCUT2D eigenvalue weighted by Crippen LogP contribution is -2.24. The third-order valence-corrected chi connectivity index (χ3v) is 3.91. The van der Waals surface area contributed by atoms with E-state index in [1.54, 1.807) is 6.08 Å². The number of hydrogen-bond acceptors (Lipinski definition) is 2. The highest BCUT2D eigenvalue weighted by Crippen LogP contribution is 2.21. The third-order valence-electron chi connectivity index (χ3n) is 3.19. The SMILES string of the molecule is Cc1cccc(C2=N/C(=C\c3ccccc3Br)C(=O)N2)c1. The largest absolute Gasteiger partial charge is 0.305 e. The standard InChI is InChI=1S/C17H13BrN2O/c1-11-5-4-7-13(9-11)16-19-15(17(21)20-16)10-12-6-2-3-8-14(12)18/h2-10H,1H3,(H,19,20,21)/b15-10-. The summed E-state index contributed by atoms with van der Waals surface area (Å²) in [5.41, 5.74) is 3.39. The summed E-state index contributed by atoms with van der Waals surface area (Å²) >= 11 is 3.47. The Balaban J connectivity index is 1.98. The zero-order valence-corrected chi connectivity index (χ0v) is 13.0. The highest BCUT2D eigenvalue weighted by atomic mass is 79.9. The van der Waals surface area contributed by atoms with Gasteiger partial charge in [0.1, 0.15) is 11.5 Å². The monoisotopic (exact) mass is 340 g/mol. The minimum atomic E-state index is -0.178. The first-order valence-corrected chi connectivity index (χ1v) is 7.36. The molecule has 0 fully saturated rings. The van der Waals surface area contributed by atoms with Crippen LogP contribution < -0.4 is 5.32 Å². The van der Waals surface area contributed by atoms with Crippen molar-refractivity contribution in [2.24, 2.45) is 4.99 Å². The van der Waals surface area contributed by atoms with Gasteiger partial charge in [-0.2, -0.15) is 0 Å². The van der Waals surface area contributed by atoms with Crippen molar-refractivity contribution in [2.45, 2.75) is 6.92 Å². The van der Waals surface area contributed by atoms with Crippen LogP contribution in [0.25, 0.3) is 6.08 Å². The molecule has 0 saturated carbocycles. The zero-order valence-electron chi connectivity index (χ0n) is 11.4. The quantitative estimate of drug-likeness (QED) is 0.832. The molecule has 104 valence electrons. The fraction of sp³-hybridized carbons (Fsp3) is 0.0588. The molecule has 0 radical (unpaired) electrons. The molecular formula is C17H13BrN2O. The van der Waals surface area contributed by atoms with Crippen molar-refractivity contribution < 1.29 is 4.79 Å². The smallest absolute Gasteiger partial charge is 0.275 e.